The van der Waals surface area contributed by atoms with E-state index in [0.29, 0.717) is 0 Å². The molecule has 0 aliphatic carbocycles. The quantitative estimate of drug-likeness (QED) is 0.289. The van der Waals surface area contributed by atoms with Gasteiger partial charge >= 0.3 is 0 Å². The van der Waals surface area contributed by atoms with Gasteiger partial charge in [0.2, 0.25) is 0 Å². The van der Waals surface area contributed by atoms with E-state index in [1.54, 1.807) is 0 Å². The first-order chi connectivity index (χ1) is 5.57. The predicted octanol–water partition coefficient (Wildman–Crippen LogP) is -3.22. The maximum atomic E-state index is 9.12. The molecule has 1 rings (SSSR count). The van der Waals surface area contributed by atoms with Gasteiger partial charge in [-0.2, -0.15) is 0 Å². The highest BCUT2D eigenvalue weighted by Gasteiger charge is 2.42. The summed E-state index contributed by atoms with van der Waals surface area (Å²) in [5.74, 6) is 0. The Kier molecular flexibility index (Phi) is 2.99. The smallest absolute Gasteiger partial charge is 0.184 e. The highest BCUT2D eigenvalue weighted by atomic mass is 16.6. The van der Waals surface area contributed by atoms with Gasteiger partial charge in [0.1, 0.15) is 24.4 Å². The van der Waals surface area contributed by atoms with Crippen LogP contribution >= 0.6 is 0 Å². The van der Waals surface area contributed by atoms with E-state index in [4.69, 9.17) is 25.5 Å². The summed E-state index contributed by atoms with van der Waals surface area (Å²) in [6, 6.07) is 0. The van der Waals surface area contributed by atoms with Gasteiger partial charge in [0.05, 0.1) is 6.61 Å². The molecule has 1 aliphatic rings. The molecule has 6 nitrogen and oxygen atoms in total. The zero-order valence-electron chi connectivity index (χ0n) is 6.24. The molecule has 1 fully saturated rings. The van der Waals surface area contributed by atoms with Crippen LogP contribution in [0.5, 0.6) is 0 Å². The zero-order chi connectivity index (χ0) is 9.30. The second-order valence-electron chi connectivity index (χ2n) is 2.72. The predicted molar refractivity (Wildman–Crippen MR) is 36.0 cm³/mol. The Morgan fingerprint density at radius 2 is 1.50 bits per heavy atom. The molecule has 0 bridgehead atoms. The Hall–Kier alpha value is -0.240. The van der Waals surface area contributed by atoms with E-state index < -0.39 is 37.3 Å². The first-order valence-corrected chi connectivity index (χ1v) is 3.56. The molecule has 1 heterocycles. The van der Waals surface area contributed by atoms with E-state index in [0.717, 1.165) is 0 Å². The molecule has 1 aliphatic heterocycles. The fraction of sp³-hybridized carbons (Fsp3) is 1.00. The SMILES string of the molecule is OCC1O[11CH](O)C(O)C(O)C1O. The van der Waals surface area contributed by atoms with Crippen molar-refractivity contribution >= 4 is 0 Å². The Morgan fingerprint density at radius 1 is 0.917 bits per heavy atom. The van der Waals surface area contributed by atoms with E-state index >= 15 is 0 Å². The highest BCUT2D eigenvalue weighted by Crippen LogP contribution is 2.18. The molecule has 0 aromatic carbocycles. The molecule has 0 aromatic heterocycles. The van der Waals surface area contributed by atoms with Crippen molar-refractivity contribution in [2.45, 2.75) is 30.7 Å². The molecule has 0 aromatic rings. The average Bonchev–Trinajstić information content (AvgIpc) is 2.08. The lowest BCUT2D eigenvalue weighted by Gasteiger charge is -2.37. The summed E-state index contributed by atoms with van der Waals surface area (Å²) < 4.78 is 4.58. The Labute approximate surface area is 68.6 Å². The number of aliphatic hydroxyl groups excluding tert-OH is 5. The van der Waals surface area contributed by atoms with Crippen molar-refractivity contribution in [1.29, 1.82) is 0 Å². The summed E-state index contributed by atoms with van der Waals surface area (Å²) in [5, 5.41) is 44.7. The third-order valence-corrected chi connectivity index (χ3v) is 1.87. The van der Waals surface area contributed by atoms with Crippen LogP contribution in [-0.2, 0) is 4.74 Å². The summed E-state index contributed by atoms with van der Waals surface area (Å²) in [4.78, 5) is 0. The largest absolute Gasteiger partial charge is 0.394 e. The Morgan fingerprint density at radius 3 is 2.00 bits per heavy atom. The molecule has 6 heteroatoms. The zero-order valence-corrected chi connectivity index (χ0v) is 6.24. The van der Waals surface area contributed by atoms with Crippen molar-refractivity contribution in [2.75, 3.05) is 6.61 Å². The normalized spacial score (nSPS) is 49.2. The topological polar surface area (TPSA) is 110 Å². The molecule has 0 radical (unpaired) electrons. The monoisotopic (exact) mass is 179 g/mol. The van der Waals surface area contributed by atoms with Crippen molar-refractivity contribution in [2.24, 2.45) is 0 Å². The third kappa shape index (κ3) is 1.58. The fourth-order valence-corrected chi connectivity index (χ4v) is 1.08. The highest BCUT2D eigenvalue weighted by molar-refractivity contribution is 4.87. The van der Waals surface area contributed by atoms with Crippen LogP contribution in [0.15, 0.2) is 0 Å². The molecule has 5 unspecified atom stereocenters. The van der Waals surface area contributed by atoms with Crippen molar-refractivity contribution < 1.29 is 30.3 Å². The van der Waals surface area contributed by atoms with Crippen LogP contribution in [0, 0.1) is 0 Å². The first kappa shape index (κ1) is 9.85. The van der Waals surface area contributed by atoms with E-state index in [1.807, 2.05) is 0 Å². The van der Waals surface area contributed by atoms with Gasteiger partial charge in [-0.25, -0.2) is 0 Å². The summed E-state index contributed by atoms with van der Waals surface area (Å²) in [6.07, 6.45) is -7.04. The van der Waals surface area contributed by atoms with Gasteiger partial charge in [-0.15, -0.1) is 0 Å². The van der Waals surface area contributed by atoms with Gasteiger partial charge in [0.15, 0.2) is 6.29 Å². The summed E-state index contributed by atoms with van der Waals surface area (Å²) in [5.41, 5.74) is 0. The molecule has 5 atom stereocenters. The molecule has 5 N–H and O–H groups in total. The van der Waals surface area contributed by atoms with Gasteiger partial charge in [-0.3, -0.25) is 0 Å². The van der Waals surface area contributed by atoms with Crippen LogP contribution in [0.4, 0.5) is 0 Å². The second-order valence-corrected chi connectivity index (χ2v) is 2.72. The molecule has 12 heavy (non-hydrogen) atoms. The number of aliphatic hydroxyl groups is 5. The van der Waals surface area contributed by atoms with E-state index in [1.165, 1.54) is 0 Å². The van der Waals surface area contributed by atoms with Crippen molar-refractivity contribution in [1.82, 2.24) is 0 Å². The maximum Gasteiger partial charge on any atom is 0.184 e. The molecule has 0 spiro atoms. The molecular formula is C6H12O6. The van der Waals surface area contributed by atoms with Crippen molar-refractivity contribution in [3.8, 4) is 0 Å². The standard InChI is InChI=1S/C6H12O6/c7-1-2-3(8)4(9)5(10)6(11)12-2/h2-11H,1H2/i6-1. The lowest BCUT2D eigenvalue weighted by atomic mass is 9.80. The molecule has 1 saturated heterocycles. The van der Waals surface area contributed by atoms with Gasteiger partial charge in [-0.1, -0.05) is 0 Å². The minimum absolute atomic E-state index is 0.526. The van der Waals surface area contributed by atoms with Crippen LogP contribution in [0.25, 0.3) is 0 Å². The summed E-state index contributed by atoms with van der Waals surface area (Å²) >= 11 is 0. The van der Waals surface area contributed by atoms with E-state index in [2.05, 4.69) is 4.74 Å². The fourth-order valence-electron chi connectivity index (χ4n) is 1.08. The van der Waals surface area contributed by atoms with Gasteiger partial charge in [0.25, 0.3) is 0 Å². The minimum Gasteiger partial charge on any atom is -0.394 e. The average molecular weight is 179 g/mol. The van der Waals surface area contributed by atoms with Crippen LogP contribution in [0.2, 0.25) is 0 Å². The summed E-state index contributed by atoms with van der Waals surface area (Å²) in [7, 11) is 0. The van der Waals surface area contributed by atoms with Gasteiger partial charge < -0.3 is 30.3 Å². The van der Waals surface area contributed by atoms with Crippen LogP contribution in [-0.4, -0.2) is 62.8 Å². The number of hydrogen-bond acceptors (Lipinski definition) is 6. The van der Waals surface area contributed by atoms with Crippen LogP contribution in [0.1, 0.15) is 0 Å². The molecule has 72 valence electrons. The minimum atomic E-state index is -1.57. The Bertz CT molecular complexity index is 146. The maximum absolute atomic E-state index is 9.12. The van der Waals surface area contributed by atoms with E-state index in [9.17, 15) is 0 Å². The van der Waals surface area contributed by atoms with Crippen LogP contribution < -0.4 is 0 Å². The lowest BCUT2D eigenvalue weighted by Crippen LogP contribution is -2.58. The van der Waals surface area contributed by atoms with Gasteiger partial charge in [-0.05, 0) is 0 Å². The van der Waals surface area contributed by atoms with Crippen molar-refractivity contribution in [3.05, 3.63) is 0 Å². The third-order valence-electron chi connectivity index (χ3n) is 1.87. The first-order valence-electron chi connectivity index (χ1n) is 3.56. The Balaban J connectivity index is 2.63. The molecule has 0 amide bonds. The summed E-state index contributed by atoms with van der Waals surface area (Å²) in [6.45, 7) is -0.526. The second kappa shape index (κ2) is 3.65. The van der Waals surface area contributed by atoms with Gasteiger partial charge in [0, 0.05) is 0 Å². The molecular weight excluding hydrogens is 167 g/mol. The van der Waals surface area contributed by atoms with Crippen LogP contribution in [0.3, 0.4) is 0 Å². The lowest BCUT2D eigenvalue weighted by molar-refractivity contribution is -0.286. The number of rotatable bonds is 1. The number of hydrogen-bond donors (Lipinski definition) is 5. The molecule has 0 saturated carbocycles. The number of ether oxygens (including phenoxy) is 1. The van der Waals surface area contributed by atoms with Crippen molar-refractivity contribution in [3.63, 3.8) is 0 Å². The van der Waals surface area contributed by atoms with E-state index in [-0.39, 0.29) is 0 Å².